The van der Waals surface area contributed by atoms with Gasteiger partial charge >= 0.3 is 0 Å². The SMILES string of the molecule is CCc1nc(OCC(=O)NCc2ccc(F)cc2)c2c(-c3ccccc3)noc2n1. The first kappa shape index (κ1) is 19.5. The molecule has 0 aliphatic heterocycles. The van der Waals surface area contributed by atoms with E-state index < -0.39 is 0 Å². The molecule has 0 saturated carbocycles. The van der Waals surface area contributed by atoms with E-state index in [1.54, 1.807) is 12.1 Å². The van der Waals surface area contributed by atoms with Crippen molar-refractivity contribution in [2.45, 2.75) is 19.9 Å². The lowest BCUT2D eigenvalue weighted by Crippen LogP contribution is -2.28. The minimum Gasteiger partial charge on any atom is -0.467 e. The van der Waals surface area contributed by atoms with Crippen LogP contribution >= 0.6 is 0 Å². The summed E-state index contributed by atoms with van der Waals surface area (Å²) in [6, 6.07) is 15.4. The van der Waals surface area contributed by atoms with Crippen LogP contribution in [0.2, 0.25) is 0 Å². The minimum absolute atomic E-state index is 0.240. The highest BCUT2D eigenvalue weighted by Crippen LogP contribution is 2.33. The lowest BCUT2D eigenvalue weighted by atomic mass is 10.1. The van der Waals surface area contributed by atoms with Gasteiger partial charge in [-0.2, -0.15) is 9.97 Å². The van der Waals surface area contributed by atoms with Crippen molar-refractivity contribution in [2.24, 2.45) is 0 Å². The van der Waals surface area contributed by atoms with Crippen molar-refractivity contribution in [3.63, 3.8) is 0 Å². The molecule has 1 amide bonds. The average Bonchev–Trinajstić information content (AvgIpc) is 3.21. The van der Waals surface area contributed by atoms with Gasteiger partial charge in [-0.25, -0.2) is 4.39 Å². The summed E-state index contributed by atoms with van der Waals surface area (Å²) in [5.41, 5.74) is 2.47. The van der Waals surface area contributed by atoms with E-state index in [0.29, 0.717) is 29.0 Å². The van der Waals surface area contributed by atoms with Gasteiger partial charge in [0.25, 0.3) is 11.6 Å². The van der Waals surface area contributed by atoms with Crippen LogP contribution in [0.25, 0.3) is 22.4 Å². The summed E-state index contributed by atoms with van der Waals surface area (Å²) in [5, 5.41) is 7.38. The average molecular weight is 406 g/mol. The van der Waals surface area contributed by atoms with E-state index in [1.807, 2.05) is 37.3 Å². The van der Waals surface area contributed by atoms with Crippen molar-refractivity contribution in [2.75, 3.05) is 6.61 Å². The molecular weight excluding hydrogens is 387 g/mol. The lowest BCUT2D eigenvalue weighted by molar-refractivity contribution is -0.123. The van der Waals surface area contributed by atoms with E-state index >= 15 is 0 Å². The fraction of sp³-hybridized carbons (Fsp3) is 0.182. The molecule has 0 radical (unpaired) electrons. The zero-order valence-electron chi connectivity index (χ0n) is 16.3. The summed E-state index contributed by atoms with van der Waals surface area (Å²) in [7, 11) is 0. The van der Waals surface area contributed by atoms with Crippen LogP contribution in [0.4, 0.5) is 4.39 Å². The maximum atomic E-state index is 13.0. The molecule has 0 atom stereocenters. The van der Waals surface area contributed by atoms with Crippen LogP contribution in [0.1, 0.15) is 18.3 Å². The molecule has 2 aromatic carbocycles. The number of fused-ring (bicyclic) bond motifs is 1. The number of aryl methyl sites for hydroxylation is 1. The Hall–Kier alpha value is -3.81. The Kier molecular flexibility index (Phi) is 5.65. The van der Waals surface area contributed by atoms with E-state index in [-0.39, 0.29) is 30.8 Å². The summed E-state index contributed by atoms with van der Waals surface area (Å²) < 4.78 is 24.1. The predicted octanol–water partition coefficient (Wildman–Crippen LogP) is 3.68. The van der Waals surface area contributed by atoms with Gasteiger partial charge in [0.2, 0.25) is 5.88 Å². The quantitative estimate of drug-likeness (QED) is 0.504. The van der Waals surface area contributed by atoms with Gasteiger partial charge < -0.3 is 14.6 Å². The number of nitrogens with zero attached hydrogens (tertiary/aromatic N) is 3. The molecule has 0 bridgehead atoms. The highest BCUT2D eigenvalue weighted by molar-refractivity contribution is 5.93. The Labute approximate surface area is 171 Å². The number of nitrogens with one attached hydrogen (secondary N) is 1. The van der Waals surface area contributed by atoms with Gasteiger partial charge in [-0.05, 0) is 17.7 Å². The van der Waals surface area contributed by atoms with Crippen molar-refractivity contribution in [3.8, 4) is 17.1 Å². The third kappa shape index (κ3) is 4.27. The third-order valence-corrected chi connectivity index (χ3v) is 4.46. The highest BCUT2D eigenvalue weighted by Gasteiger charge is 2.20. The molecular formula is C22H19FN4O3. The van der Waals surface area contributed by atoms with E-state index in [4.69, 9.17) is 9.26 Å². The molecule has 8 heteroatoms. The Balaban J connectivity index is 1.53. The number of hydrogen-bond donors (Lipinski definition) is 1. The topological polar surface area (TPSA) is 90.1 Å². The monoisotopic (exact) mass is 406 g/mol. The fourth-order valence-electron chi connectivity index (χ4n) is 2.91. The van der Waals surface area contributed by atoms with Crippen molar-refractivity contribution < 1.29 is 18.4 Å². The van der Waals surface area contributed by atoms with Crippen molar-refractivity contribution in [1.82, 2.24) is 20.4 Å². The number of amides is 1. The smallest absolute Gasteiger partial charge is 0.265 e. The second-order valence-corrected chi connectivity index (χ2v) is 6.57. The van der Waals surface area contributed by atoms with Crippen LogP contribution in [0, 0.1) is 5.82 Å². The first-order chi connectivity index (χ1) is 14.6. The summed E-state index contributed by atoms with van der Waals surface area (Å²) in [4.78, 5) is 21.0. The second-order valence-electron chi connectivity index (χ2n) is 6.57. The zero-order chi connectivity index (χ0) is 20.9. The van der Waals surface area contributed by atoms with Gasteiger partial charge in [-0.15, -0.1) is 0 Å². The van der Waals surface area contributed by atoms with Crippen LogP contribution in [0.5, 0.6) is 5.88 Å². The number of aromatic nitrogens is 3. The lowest BCUT2D eigenvalue weighted by Gasteiger charge is -2.09. The summed E-state index contributed by atoms with van der Waals surface area (Å²) in [5.74, 6) is 0.117. The maximum Gasteiger partial charge on any atom is 0.265 e. The minimum atomic E-state index is -0.332. The van der Waals surface area contributed by atoms with Crippen molar-refractivity contribution >= 4 is 17.0 Å². The van der Waals surface area contributed by atoms with Gasteiger partial charge in [0.15, 0.2) is 6.61 Å². The number of rotatable bonds is 7. The van der Waals surface area contributed by atoms with Crippen LogP contribution in [-0.4, -0.2) is 27.6 Å². The molecule has 0 unspecified atom stereocenters. The molecule has 30 heavy (non-hydrogen) atoms. The van der Waals surface area contributed by atoms with E-state index in [1.165, 1.54) is 12.1 Å². The Morgan fingerprint density at radius 1 is 1.10 bits per heavy atom. The van der Waals surface area contributed by atoms with Gasteiger partial charge in [-0.1, -0.05) is 54.5 Å². The number of carbonyl (C=O) groups excluding carboxylic acids is 1. The molecule has 4 aromatic rings. The highest BCUT2D eigenvalue weighted by atomic mass is 19.1. The molecule has 0 fully saturated rings. The van der Waals surface area contributed by atoms with Crippen LogP contribution in [0.15, 0.2) is 59.1 Å². The van der Waals surface area contributed by atoms with Crippen LogP contribution in [0.3, 0.4) is 0 Å². The number of hydrogen-bond acceptors (Lipinski definition) is 6. The van der Waals surface area contributed by atoms with E-state index in [2.05, 4.69) is 20.4 Å². The molecule has 0 aliphatic carbocycles. The molecule has 7 nitrogen and oxygen atoms in total. The molecule has 4 rings (SSSR count). The number of ether oxygens (including phenoxy) is 1. The Morgan fingerprint density at radius 3 is 2.60 bits per heavy atom. The number of benzene rings is 2. The maximum absolute atomic E-state index is 13.0. The van der Waals surface area contributed by atoms with Gasteiger partial charge in [0.05, 0.1) is 0 Å². The van der Waals surface area contributed by atoms with Crippen LogP contribution in [-0.2, 0) is 17.8 Å². The zero-order valence-corrected chi connectivity index (χ0v) is 16.3. The molecule has 0 saturated heterocycles. The molecule has 0 aliphatic rings. The Morgan fingerprint density at radius 2 is 1.87 bits per heavy atom. The second kappa shape index (κ2) is 8.69. The standard InChI is InChI=1S/C22H19FN4O3/c1-2-17-25-21(29-13-18(28)24-12-14-8-10-16(23)11-9-14)19-20(27-30-22(19)26-17)15-6-4-3-5-7-15/h3-11H,2,12-13H2,1H3,(H,24,28). The normalized spacial score (nSPS) is 10.9. The number of carbonyl (C=O) groups is 1. The molecule has 0 spiro atoms. The third-order valence-electron chi connectivity index (χ3n) is 4.46. The number of halogens is 1. The van der Waals surface area contributed by atoms with Crippen molar-refractivity contribution in [3.05, 3.63) is 71.8 Å². The molecule has 2 heterocycles. The Bertz CT molecular complexity index is 1160. The summed E-state index contributed by atoms with van der Waals surface area (Å²) >= 11 is 0. The molecule has 2 aromatic heterocycles. The first-order valence-electron chi connectivity index (χ1n) is 9.49. The first-order valence-corrected chi connectivity index (χ1v) is 9.49. The van der Waals surface area contributed by atoms with Crippen LogP contribution < -0.4 is 10.1 Å². The van der Waals surface area contributed by atoms with Gasteiger partial charge in [-0.3, -0.25) is 4.79 Å². The summed E-state index contributed by atoms with van der Waals surface area (Å²) in [6.07, 6.45) is 0.574. The predicted molar refractivity (Wildman–Crippen MR) is 108 cm³/mol. The van der Waals surface area contributed by atoms with E-state index in [0.717, 1.165) is 11.1 Å². The summed E-state index contributed by atoms with van der Waals surface area (Å²) in [6.45, 7) is 1.94. The van der Waals surface area contributed by atoms with Gasteiger partial charge in [0.1, 0.15) is 22.7 Å². The van der Waals surface area contributed by atoms with E-state index in [9.17, 15) is 9.18 Å². The van der Waals surface area contributed by atoms with Crippen molar-refractivity contribution in [1.29, 1.82) is 0 Å². The van der Waals surface area contributed by atoms with Gasteiger partial charge in [0, 0.05) is 18.5 Å². The largest absolute Gasteiger partial charge is 0.467 e. The molecule has 152 valence electrons. The fourth-order valence-corrected chi connectivity index (χ4v) is 2.91. The molecule has 1 N–H and O–H groups in total.